The number of benzene rings is 2. The summed E-state index contributed by atoms with van der Waals surface area (Å²) in [5, 5.41) is 12.7. The van der Waals surface area contributed by atoms with E-state index in [1.165, 1.54) is 12.1 Å². The Labute approximate surface area is 248 Å². The smallest absolute Gasteiger partial charge is 0.309 e. The molecular formula is C34H43FN2O5. The maximum atomic E-state index is 13.6. The first-order valence-corrected chi connectivity index (χ1v) is 14.7. The van der Waals surface area contributed by atoms with Crippen molar-refractivity contribution in [3.05, 3.63) is 96.9 Å². The highest BCUT2D eigenvalue weighted by atomic mass is 19.1. The van der Waals surface area contributed by atoms with Crippen LogP contribution in [0, 0.1) is 17.7 Å². The van der Waals surface area contributed by atoms with Crippen LogP contribution in [0.25, 0.3) is 0 Å². The van der Waals surface area contributed by atoms with Gasteiger partial charge in [-0.1, -0.05) is 54.6 Å². The van der Waals surface area contributed by atoms with Gasteiger partial charge in [-0.3, -0.25) is 14.4 Å². The first-order valence-electron chi connectivity index (χ1n) is 14.7. The average Bonchev–Trinajstić information content (AvgIpc) is 3.47. The molecule has 0 radical (unpaired) electrons. The summed E-state index contributed by atoms with van der Waals surface area (Å²) in [7, 11) is 0. The van der Waals surface area contributed by atoms with Crippen LogP contribution in [0.2, 0.25) is 0 Å². The molecule has 2 aromatic rings. The summed E-state index contributed by atoms with van der Waals surface area (Å²) in [6.45, 7) is 7.91. The second kappa shape index (κ2) is 17.2. The Morgan fingerprint density at radius 2 is 1.74 bits per heavy atom. The van der Waals surface area contributed by atoms with Gasteiger partial charge in [0.2, 0.25) is 11.8 Å². The minimum absolute atomic E-state index is 0.0273. The van der Waals surface area contributed by atoms with Crippen molar-refractivity contribution in [2.24, 2.45) is 11.8 Å². The fourth-order valence-electron chi connectivity index (χ4n) is 5.40. The Morgan fingerprint density at radius 3 is 2.40 bits per heavy atom. The van der Waals surface area contributed by atoms with Crippen LogP contribution in [0.4, 0.5) is 4.39 Å². The van der Waals surface area contributed by atoms with Gasteiger partial charge in [0.1, 0.15) is 12.4 Å². The van der Waals surface area contributed by atoms with Gasteiger partial charge in [0.25, 0.3) is 0 Å². The number of allylic oxidation sites excluding steroid dienone is 2. The Balaban J connectivity index is 1.57. The average molecular weight is 579 g/mol. The van der Waals surface area contributed by atoms with Crippen molar-refractivity contribution in [1.82, 2.24) is 10.2 Å². The summed E-state index contributed by atoms with van der Waals surface area (Å²) in [6, 6.07) is 14.9. The molecule has 1 fully saturated rings. The lowest BCUT2D eigenvalue weighted by Crippen LogP contribution is -2.45. The van der Waals surface area contributed by atoms with Gasteiger partial charge in [0.05, 0.1) is 30.5 Å². The van der Waals surface area contributed by atoms with Crippen LogP contribution in [0.3, 0.4) is 0 Å². The molecule has 0 spiro atoms. The molecule has 226 valence electrons. The van der Waals surface area contributed by atoms with E-state index in [0.29, 0.717) is 45.1 Å². The van der Waals surface area contributed by atoms with Crippen molar-refractivity contribution >= 4 is 17.8 Å². The number of likely N-dealkylation sites (tertiary alicyclic amines) is 1. The van der Waals surface area contributed by atoms with Gasteiger partial charge >= 0.3 is 5.97 Å². The lowest BCUT2D eigenvalue weighted by Gasteiger charge is -2.29. The molecule has 3 rings (SSSR count). The zero-order chi connectivity index (χ0) is 30.3. The van der Waals surface area contributed by atoms with E-state index >= 15 is 0 Å². The monoisotopic (exact) mass is 578 g/mol. The van der Waals surface area contributed by atoms with Crippen LogP contribution in [0.15, 0.2) is 79.9 Å². The molecule has 0 aromatic heterocycles. The molecule has 8 heteroatoms. The van der Waals surface area contributed by atoms with Crippen LogP contribution in [0.1, 0.15) is 49.7 Å². The molecule has 0 saturated carbocycles. The van der Waals surface area contributed by atoms with Crippen molar-refractivity contribution < 1.29 is 28.6 Å². The van der Waals surface area contributed by atoms with Gasteiger partial charge in [-0.15, -0.1) is 13.2 Å². The number of amides is 2. The number of nitrogens with one attached hydrogen (secondary N) is 1. The van der Waals surface area contributed by atoms with E-state index in [2.05, 4.69) is 18.5 Å². The van der Waals surface area contributed by atoms with Gasteiger partial charge < -0.3 is 20.1 Å². The summed E-state index contributed by atoms with van der Waals surface area (Å²) >= 11 is 0. The predicted octanol–water partition coefficient (Wildman–Crippen LogP) is 4.79. The number of nitrogens with zero attached hydrogens (tertiary/aromatic N) is 1. The van der Waals surface area contributed by atoms with Crippen LogP contribution in [-0.4, -0.2) is 59.6 Å². The zero-order valence-corrected chi connectivity index (χ0v) is 24.3. The van der Waals surface area contributed by atoms with Crippen molar-refractivity contribution in [1.29, 1.82) is 0 Å². The van der Waals surface area contributed by atoms with E-state index in [9.17, 15) is 23.9 Å². The number of esters is 1. The van der Waals surface area contributed by atoms with E-state index < -0.39 is 17.9 Å². The largest absolute Gasteiger partial charge is 0.463 e. The summed E-state index contributed by atoms with van der Waals surface area (Å²) in [6.07, 6.45) is 7.28. The highest BCUT2D eigenvalue weighted by molar-refractivity contribution is 5.86. The Morgan fingerprint density at radius 1 is 1.02 bits per heavy atom. The van der Waals surface area contributed by atoms with Crippen molar-refractivity contribution in [3.8, 4) is 0 Å². The second-order valence-electron chi connectivity index (χ2n) is 10.9. The van der Waals surface area contributed by atoms with E-state index in [0.717, 1.165) is 17.5 Å². The summed E-state index contributed by atoms with van der Waals surface area (Å²) < 4.78 is 19.1. The number of aliphatic hydroxyl groups is 1. The molecular weight excluding hydrogens is 535 g/mol. The Hall–Kier alpha value is -3.78. The molecule has 1 aliphatic heterocycles. The third-order valence-corrected chi connectivity index (χ3v) is 7.67. The minimum atomic E-state index is -0.603. The molecule has 2 N–H and O–H groups in total. The molecule has 0 bridgehead atoms. The van der Waals surface area contributed by atoms with Crippen LogP contribution < -0.4 is 5.32 Å². The van der Waals surface area contributed by atoms with Gasteiger partial charge in [-0.05, 0) is 68.2 Å². The highest BCUT2D eigenvalue weighted by Gasteiger charge is 2.35. The number of carbonyl (C=O) groups is 3. The Kier molecular flexibility index (Phi) is 13.4. The zero-order valence-electron chi connectivity index (χ0n) is 24.3. The van der Waals surface area contributed by atoms with E-state index in [4.69, 9.17) is 4.74 Å². The SMILES string of the molecule is C=CCCC(Cc1ccc(F)cc1)C(=O)OCC1CCCN1C(=O)C(CC=C)CC(=O)NC(CO)Cc1ccccc1. The van der Waals surface area contributed by atoms with E-state index in [1.807, 2.05) is 30.3 Å². The first-order chi connectivity index (χ1) is 20.3. The van der Waals surface area contributed by atoms with Gasteiger partial charge in [0.15, 0.2) is 0 Å². The fourth-order valence-corrected chi connectivity index (χ4v) is 5.40. The third-order valence-electron chi connectivity index (χ3n) is 7.67. The molecule has 0 aliphatic carbocycles. The molecule has 1 saturated heterocycles. The van der Waals surface area contributed by atoms with E-state index in [1.54, 1.807) is 29.2 Å². The van der Waals surface area contributed by atoms with E-state index in [-0.39, 0.29) is 49.3 Å². The standard InChI is InChI=1S/C34H43FN2O5/c1-3-5-13-28(20-26-15-17-29(35)18-16-26)34(41)42-24-31-14-9-19-37(31)33(40)27(10-4-2)22-32(39)36-30(23-38)21-25-11-7-6-8-12-25/h3-4,6-8,11-12,15-18,27-28,30-31,38H,1-2,5,9-10,13-14,19-24H2,(H,36,39). The van der Waals surface area contributed by atoms with Crippen LogP contribution >= 0.6 is 0 Å². The molecule has 7 nitrogen and oxygen atoms in total. The number of ether oxygens (including phenoxy) is 1. The molecule has 1 heterocycles. The number of carbonyl (C=O) groups excluding carboxylic acids is 3. The summed E-state index contributed by atoms with van der Waals surface area (Å²) in [4.78, 5) is 41.3. The van der Waals surface area contributed by atoms with Crippen molar-refractivity contribution in [2.45, 2.75) is 63.5 Å². The van der Waals surface area contributed by atoms with Crippen molar-refractivity contribution in [2.75, 3.05) is 19.8 Å². The lowest BCUT2D eigenvalue weighted by atomic mass is 9.94. The topological polar surface area (TPSA) is 95.9 Å². The number of aliphatic hydroxyl groups excluding tert-OH is 1. The number of halogens is 1. The fraction of sp³-hybridized carbons (Fsp3) is 0.441. The van der Waals surface area contributed by atoms with Gasteiger partial charge in [0, 0.05) is 13.0 Å². The highest BCUT2D eigenvalue weighted by Crippen LogP contribution is 2.25. The molecule has 1 aliphatic rings. The predicted molar refractivity (Wildman–Crippen MR) is 161 cm³/mol. The minimum Gasteiger partial charge on any atom is -0.463 e. The van der Waals surface area contributed by atoms with Gasteiger partial charge in [-0.25, -0.2) is 4.39 Å². The maximum Gasteiger partial charge on any atom is 0.309 e. The normalized spacial score (nSPS) is 16.7. The molecule has 2 amide bonds. The number of hydrogen-bond donors (Lipinski definition) is 2. The first kappa shape index (κ1) is 32.7. The van der Waals surface area contributed by atoms with Crippen LogP contribution in [0.5, 0.6) is 0 Å². The maximum absolute atomic E-state index is 13.6. The second-order valence-corrected chi connectivity index (χ2v) is 10.9. The van der Waals surface area contributed by atoms with Crippen molar-refractivity contribution in [3.63, 3.8) is 0 Å². The summed E-state index contributed by atoms with van der Waals surface area (Å²) in [5.41, 5.74) is 1.84. The summed E-state index contributed by atoms with van der Waals surface area (Å²) in [5.74, 6) is -2.17. The molecule has 4 atom stereocenters. The molecule has 42 heavy (non-hydrogen) atoms. The molecule has 4 unspecified atom stereocenters. The lowest BCUT2D eigenvalue weighted by molar-refractivity contribution is -0.152. The molecule has 2 aromatic carbocycles. The number of rotatable bonds is 17. The quantitative estimate of drug-likeness (QED) is 0.208. The van der Waals surface area contributed by atoms with Crippen LogP contribution in [-0.2, 0) is 32.0 Å². The number of hydrogen-bond acceptors (Lipinski definition) is 5. The third kappa shape index (κ3) is 10.2. The Bertz CT molecular complexity index is 1170. The van der Waals surface area contributed by atoms with Gasteiger partial charge in [-0.2, -0.15) is 0 Å².